The third kappa shape index (κ3) is 3.29. The Bertz CT molecular complexity index is 291. The first-order valence-electron chi connectivity index (χ1n) is 5.41. The largest absolute Gasteiger partial charge is 0.377 e. The Hall–Kier alpha value is -0.930. The van der Waals surface area contributed by atoms with E-state index in [4.69, 9.17) is 4.74 Å². The van der Waals surface area contributed by atoms with Gasteiger partial charge in [0.25, 0.3) is 0 Å². The Morgan fingerprint density at radius 1 is 1.33 bits per heavy atom. The van der Waals surface area contributed by atoms with Crippen molar-refractivity contribution in [1.29, 1.82) is 0 Å². The molecule has 1 aliphatic heterocycles. The highest BCUT2D eigenvalue weighted by atomic mass is 19.1. The summed E-state index contributed by atoms with van der Waals surface area (Å²) in [6, 6.07) is 6.64. The zero-order valence-corrected chi connectivity index (χ0v) is 8.71. The van der Waals surface area contributed by atoms with Crippen LogP contribution in [0.15, 0.2) is 24.3 Å². The van der Waals surface area contributed by atoms with Crippen molar-refractivity contribution in [3.63, 3.8) is 0 Å². The van der Waals surface area contributed by atoms with E-state index in [9.17, 15) is 4.39 Å². The smallest absolute Gasteiger partial charge is 0.123 e. The molecule has 0 amide bonds. The predicted octanol–water partition coefficient (Wildman–Crippen LogP) is 1.75. The molecule has 1 unspecified atom stereocenters. The quantitative estimate of drug-likeness (QED) is 0.801. The molecule has 82 valence electrons. The summed E-state index contributed by atoms with van der Waals surface area (Å²) in [5.41, 5.74) is 1.13. The summed E-state index contributed by atoms with van der Waals surface area (Å²) >= 11 is 0. The number of halogens is 1. The van der Waals surface area contributed by atoms with E-state index < -0.39 is 0 Å². The lowest BCUT2D eigenvalue weighted by Gasteiger charge is -2.14. The van der Waals surface area contributed by atoms with Crippen LogP contribution in [-0.4, -0.2) is 25.8 Å². The average molecular weight is 209 g/mol. The molecular weight excluding hydrogens is 193 g/mol. The summed E-state index contributed by atoms with van der Waals surface area (Å²) in [6.07, 6.45) is 2.14. The van der Waals surface area contributed by atoms with Crippen LogP contribution in [0, 0.1) is 5.82 Å². The van der Waals surface area contributed by atoms with Gasteiger partial charge in [-0.2, -0.15) is 0 Å². The maximum atomic E-state index is 12.7. The highest BCUT2D eigenvalue weighted by molar-refractivity contribution is 5.16. The van der Waals surface area contributed by atoms with Gasteiger partial charge in [-0.25, -0.2) is 4.39 Å². The number of nitrogens with one attached hydrogen (secondary N) is 1. The van der Waals surface area contributed by atoms with Crippen LogP contribution in [0.1, 0.15) is 12.0 Å². The fourth-order valence-corrected chi connectivity index (χ4v) is 1.78. The molecule has 1 aromatic rings. The first kappa shape index (κ1) is 10.6. The molecule has 1 saturated heterocycles. The van der Waals surface area contributed by atoms with Gasteiger partial charge in [-0.15, -0.1) is 0 Å². The van der Waals surface area contributed by atoms with Crippen molar-refractivity contribution in [3.8, 4) is 0 Å². The SMILES string of the molecule is Fc1ccc(CC2CNCCCO2)cc1. The van der Waals surface area contributed by atoms with Crippen LogP contribution < -0.4 is 5.32 Å². The van der Waals surface area contributed by atoms with Gasteiger partial charge in [0, 0.05) is 13.2 Å². The van der Waals surface area contributed by atoms with Crippen LogP contribution in [-0.2, 0) is 11.2 Å². The molecule has 0 aliphatic carbocycles. The maximum Gasteiger partial charge on any atom is 0.123 e. The molecule has 1 aromatic carbocycles. The Morgan fingerprint density at radius 3 is 2.93 bits per heavy atom. The highest BCUT2D eigenvalue weighted by Gasteiger charge is 2.12. The summed E-state index contributed by atoms with van der Waals surface area (Å²) in [5.74, 6) is -0.182. The van der Waals surface area contributed by atoms with Gasteiger partial charge < -0.3 is 10.1 Å². The molecule has 1 fully saturated rings. The molecule has 2 nitrogen and oxygen atoms in total. The minimum atomic E-state index is -0.182. The van der Waals surface area contributed by atoms with E-state index in [1.807, 2.05) is 12.1 Å². The third-order valence-corrected chi connectivity index (χ3v) is 2.60. The summed E-state index contributed by atoms with van der Waals surface area (Å²) in [4.78, 5) is 0. The molecule has 0 aromatic heterocycles. The third-order valence-electron chi connectivity index (χ3n) is 2.60. The molecule has 0 bridgehead atoms. The van der Waals surface area contributed by atoms with Gasteiger partial charge in [-0.3, -0.25) is 0 Å². The van der Waals surface area contributed by atoms with Crippen molar-refractivity contribution >= 4 is 0 Å². The molecule has 3 heteroatoms. The number of benzene rings is 1. The molecule has 2 rings (SSSR count). The number of hydrogen-bond donors (Lipinski definition) is 1. The maximum absolute atomic E-state index is 12.7. The minimum absolute atomic E-state index is 0.182. The molecule has 0 spiro atoms. The molecule has 1 aliphatic rings. The molecule has 1 N–H and O–H groups in total. The van der Waals surface area contributed by atoms with E-state index in [-0.39, 0.29) is 11.9 Å². The van der Waals surface area contributed by atoms with Crippen LogP contribution >= 0.6 is 0 Å². The lowest BCUT2D eigenvalue weighted by atomic mass is 10.1. The van der Waals surface area contributed by atoms with Gasteiger partial charge in [0.1, 0.15) is 5.82 Å². The van der Waals surface area contributed by atoms with E-state index in [1.54, 1.807) is 0 Å². The predicted molar refractivity (Wildman–Crippen MR) is 57.3 cm³/mol. The summed E-state index contributed by atoms with van der Waals surface area (Å²) in [5, 5.41) is 3.33. The van der Waals surface area contributed by atoms with Crippen LogP contribution in [0.5, 0.6) is 0 Å². The van der Waals surface area contributed by atoms with E-state index in [0.717, 1.165) is 38.1 Å². The van der Waals surface area contributed by atoms with E-state index in [0.29, 0.717) is 0 Å². The lowest BCUT2D eigenvalue weighted by Crippen LogP contribution is -2.27. The Kier molecular flexibility index (Phi) is 3.69. The number of ether oxygens (including phenoxy) is 1. The second-order valence-corrected chi connectivity index (χ2v) is 3.88. The first-order valence-corrected chi connectivity index (χ1v) is 5.41. The van der Waals surface area contributed by atoms with Crippen molar-refractivity contribution in [1.82, 2.24) is 5.32 Å². The molecule has 15 heavy (non-hydrogen) atoms. The Labute approximate surface area is 89.4 Å². The summed E-state index contributed by atoms with van der Waals surface area (Å²) < 4.78 is 18.4. The summed E-state index contributed by atoms with van der Waals surface area (Å²) in [7, 11) is 0. The topological polar surface area (TPSA) is 21.3 Å². The van der Waals surface area contributed by atoms with E-state index >= 15 is 0 Å². The second-order valence-electron chi connectivity index (χ2n) is 3.88. The van der Waals surface area contributed by atoms with Gasteiger partial charge in [-0.05, 0) is 37.1 Å². The molecule has 0 saturated carbocycles. The Balaban J connectivity index is 1.92. The monoisotopic (exact) mass is 209 g/mol. The standard InChI is InChI=1S/C12H16FNO/c13-11-4-2-10(3-5-11)8-12-9-14-6-1-7-15-12/h2-5,12,14H,1,6-9H2. The van der Waals surface area contributed by atoms with E-state index in [2.05, 4.69) is 5.32 Å². The number of hydrogen-bond acceptors (Lipinski definition) is 2. The number of rotatable bonds is 2. The fourth-order valence-electron chi connectivity index (χ4n) is 1.78. The molecule has 0 radical (unpaired) electrons. The van der Waals surface area contributed by atoms with Crippen molar-refractivity contribution in [3.05, 3.63) is 35.6 Å². The zero-order chi connectivity index (χ0) is 10.5. The lowest BCUT2D eigenvalue weighted by molar-refractivity contribution is 0.0675. The summed E-state index contributed by atoms with van der Waals surface area (Å²) in [6.45, 7) is 2.73. The molecule has 1 heterocycles. The van der Waals surface area contributed by atoms with Gasteiger partial charge in [0.15, 0.2) is 0 Å². The van der Waals surface area contributed by atoms with Gasteiger partial charge in [0.2, 0.25) is 0 Å². The van der Waals surface area contributed by atoms with Gasteiger partial charge >= 0.3 is 0 Å². The van der Waals surface area contributed by atoms with Crippen molar-refractivity contribution < 1.29 is 9.13 Å². The van der Waals surface area contributed by atoms with Crippen molar-refractivity contribution in [2.24, 2.45) is 0 Å². The normalized spacial score (nSPS) is 22.3. The van der Waals surface area contributed by atoms with E-state index in [1.165, 1.54) is 12.1 Å². The van der Waals surface area contributed by atoms with Gasteiger partial charge in [-0.1, -0.05) is 12.1 Å². The van der Waals surface area contributed by atoms with Crippen molar-refractivity contribution in [2.75, 3.05) is 19.7 Å². The fraction of sp³-hybridized carbons (Fsp3) is 0.500. The second kappa shape index (κ2) is 5.24. The Morgan fingerprint density at radius 2 is 2.13 bits per heavy atom. The van der Waals surface area contributed by atoms with Crippen LogP contribution in [0.25, 0.3) is 0 Å². The zero-order valence-electron chi connectivity index (χ0n) is 8.71. The molecular formula is C12H16FNO. The minimum Gasteiger partial charge on any atom is -0.377 e. The van der Waals surface area contributed by atoms with Crippen LogP contribution in [0.2, 0.25) is 0 Å². The van der Waals surface area contributed by atoms with Crippen molar-refractivity contribution in [2.45, 2.75) is 18.9 Å². The van der Waals surface area contributed by atoms with Gasteiger partial charge in [0.05, 0.1) is 6.10 Å². The highest BCUT2D eigenvalue weighted by Crippen LogP contribution is 2.09. The molecule has 1 atom stereocenters. The van der Waals surface area contributed by atoms with Crippen LogP contribution in [0.4, 0.5) is 4.39 Å². The average Bonchev–Trinajstić information content (AvgIpc) is 2.50. The van der Waals surface area contributed by atoms with Crippen LogP contribution in [0.3, 0.4) is 0 Å². The first-order chi connectivity index (χ1) is 7.34.